The molecular formula is C9H7F2NO2S. The fourth-order valence-corrected chi connectivity index (χ4v) is 2.07. The number of hydrogen-bond acceptors (Lipinski definition) is 3. The van der Waals surface area contributed by atoms with Gasteiger partial charge in [-0.15, -0.1) is 0 Å². The molecule has 3 nitrogen and oxygen atoms in total. The van der Waals surface area contributed by atoms with E-state index in [-0.39, 0.29) is 0 Å². The number of halogens is 2. The van der Waals surface area contributed by atoms with E-state index in [2.05, 4.69) is 0 Å². The van der Waals surface area contributed by atoms with Gasteiger partial charge in [-0.25, -0.2) is 17.2 Å². The summed E-state index contributed by atoms with van der Waals surface area (Å²) in [6, 6.07) is 3.61. The first-order valence-corrected chi connectivity index (χ1v) is 5.53. The van der Waals surface area contributed by atoms with Crippen LogP contribution in [0.5, 0.6) is 0 Å². The third kappa shape index (κ3) is 2.13. The van der Waals surface area contributed by atoms with Crippen LogP contribution in [-0.4, -0.2) is 13.7 Å². The number of hydrogen-bond donors (Lipinski definition) is 0. The van der Waals surface area contributed by atoms with E-state index in [4.69, 9.17) is 5.26 Å². The molecule has 1 aromatic carbocycles. The topological polar surface area (TPSA) is 57.9 Å². The molecule has 0 heterocycles. The number of rotatable bonds is 2. The first kappa shape index (κ1) is 11.6. The summed E-state index contributed by atoms with van der Waals surface area (Å²) in [5.41, 5.74) is 0. The zero-order chi connectivity index (χ0) is 11.6. The molecular weight excluding hydrogens is 224 g/mol. The van der Waals surface area contributed by atoms with Crippen LogP contribution in [0.25, 0.3) is 0 Å². The summed E-state index contributed by atoms with van der Waals surface area (Å²) >= 11 is 0. The maximum absolute atomic E-state index is 13.1. The van der Waals surface area contributed by atoms with Crippen molar-refractivity contribution in [1.29, 1.82) is 5.26 Å². The van der Waals surface area contributed by atoms with Gasteiger partial charge in [-0.1, -0.05) is 0 Å². The van der Waals surface area contributed by atoms with E-state index < -0.39 is 31.6 Å². The lowest BCUT2D eigenvalue weighted by Crippen LogP contribution is -2.17. The van der Waals surface area contributed by atoms with Crippen LogP contribution < -0.4 is 0 Å². The van der Waals surface area contributed by atoms with Crippen LogP contribution in [0.3, 0.4) is 0 Å². The van der Waals surface area contributed by atoms with Crippen molar-refractivity contribution in [2.75, 3.05) is 0 Å². The highest BCUT2D eigenvalue weighted by molar-refractivity contribution is 7.92. The standard InChI is InChI=1S/C9H7F2NO2S/c1-6(5-12)15(13,14)9-3-2-7(10)4-8(9)11/h2-4,6H,1H3. The van der Waals surface area contributed by atoms with Crippen LogP contribution in [-0.2, 0) is 9.84 Å². The Balaban J connectivity index is 3.36. The van der Waals surface area contributed by atoms with Crippen molar-refractivity contribution in [3.05, 3.63) is 29.8 Å². The highest BCUT2D eigenvalue weighted by Crippen LogP contribution is 2.19. The summed E-state index contributed by atoms with van der Waals surface area (Å²) in [6.45, 7) is 1.14. The first-order chi connectivity index (χ1) is 6.89. The highest BCUT2D eigenvalue weighted by atomic mass is 32.2. The van der Waals surface area contributed by atoms with E-state index in [9.17, 15) is 17.2 Å². The minimum atomic E-state index is -4.04. The quantitative estimate of drug-likeness (QED) is 0.727. The Labute approximate surface area is 85.9 Å². The van der Waals surface area contributed by atoms with Gasteiger partial charge in [0.25, 0.3) is 0 Å². The molecule has 0 aliphatic heterocycles. The molecule has 0 saturated carbocycles. The molecule has 1 unspecified atom stereocenters. The van der Waals surface area contributed by atoms with Crippen molar-refractivity contribution in [3.8, 4) is 6.07 Å². The third-order valence-electron chi connectivity index (χ3n) is 1.85. The molecule has 6 heteroatoms. The van der Waals surface area contributed by atoms with Gasteiger partial charge in [0.15, 0.2) is 9.84 Å². The second-order valence-electron chi connectivity index (χ2n) is 2.89. The van der Waals surface area contributed by atoms with Gasteiger partial charge in [0.2, 0.25) is 0 Å². The minimum absolute atomic E-state index is 0.469. The molecule has 0 saturated heterocycles. The van der Waals surface area contributed by atoms with E-state index in [1.54, 1.807) is 0 Å². The highest BCUT2D eigenvalue weighted by Gasteiger charge is 2.26. The van der Waals surface area contributed by atoms with Crippen LogP contribution >= 0.6 is 0 Å². The van der Waals surface area contributed by atoms with Crippen LogP contribution in [0, 0.1) is 23.0 Å². The lowest BCUT2D eigenvalue weighted by Gasteiger charge is -2.06. The molecule has 0 radical (unpaired) electrons. The van der Waals surface area contributed by atoms with Crippen LogP contribution in [0.4, 0.5) is 8.78 Å². The predicted molar refractivity (Wildman–Crippen MR) is 48.6 cm³/mol. The van der Waals surface area contributed by atoms with Crippen LogP contribution in [0.15, 0.2) is 23.1 Å². The number of benzene rings is 1. The zero-order valence-corrected chi connectivity index (χ0v) is 8.55. The van der Waals surface area contributed by atoms with Crippen LogP contribution in [0.1, 0.15) is 6.92 Å². The van der Waals surface area contributed by atoms with Crippen molar-refractivity contribution < 1.29 is 17.2 Å². The molecule has 1 rings (SSSR count). The summed E-state index contributed by atoms with van der Waals surface area (Å²) in [5, 5.41) is 7.09. The fourth-order valence-electron chi connectivity index (χ4n) is 0.966. The van der Waals surface area contributed by atoms with Crippen molar-refractivity contribution in [1.82, 2.24) is 0 Å². The second kappa shape index (κ2) is 3.95. The predicted octanol–water partition coefficient (Wildman–Crippen LogP) is 1.65. The molecule has 0 bridgehead atoms. The van der Waals surface area contributed by atoms with E-state index in [1.807, 2.05) is 0 Å². The van der Waals surface area contributed by atoms with E-state index in [0.29, 0.717) is 6.07 Å². The van der Waals surface area contributed by atoms with Gasteiger partial charge >= 0.3 is 0 Å². The Morgan fingerprint density at radius 2 is 2.00 bits per heavy atom. The normalized spacial score (nSPS) is 13.2. The Kier molecular flexibility index (Phi) is 3.05. The summed E-state index contributed by atoms with van der Waals surface area (Å²) in [7, 11) is -4.04. The van der Waals surface area contributed by atoms with Gasteiger partial charge in [0.1, 0.15) is 21.8 Å². The lowest BCUT2D eigenvalue weighted by atomic mass is 10.3. The molecule has 0 aromatic heterocycles. The second-order valence-corrected chi connectivity index (χ2v) is 5.13. The van der Waals surface area contributed by atoms with Crippen molar-refractivity contribution >= 4 is 9.84 Å². The average molecular weight is 231 g/mol. The van der Waals surface area contributed by atoms with Gasteiger partial charge in [-0.05, 0) is 19.1 Å². The fraction of sp³-hybridized carbons (Fsp3) is 0.222. The molecule has 0 N–H and O–H groups in total. The smallest absolute Gasteiger partial charge is 0.197 e. The van der Waals surface area contributed by atoms with Gasteiger partial charge < -0.3 is 0 Å². The van der Waals surface area contributed by atoms with E-state index in [0.717, 1.165) is 19.1 Å². The zero-order valence-electron chi connectivity index (χ0n) is 7.74. The minimum Gasteiger partial charge on any atom is -0.222 e. The number of sulfone groups is 1. The Morgan fingerprint density at radius 1 is 1.40 bits per heavy atom. The Bertz CT molecular complexity index is 519. The molecule has 0 aliphatic rings. The summed E-state index contributed by atoms with van der Waals surface area (Å²) < 4.78 is 48.7. The lowest BCUT2D eigenvalue weighted by molar-refractivity contribution is 0.547. The Morgan fingerprint density at radius 3 is 2.47 bits per heavy atom. The molecule has 1 aromatic rings. The van der Waals surface area contributed by atoms with Crippen LogP contribution in [0.2, 0.25) is 0 Å². The van der Waals surface area contributed by atoms with Crippen molar-refractivity contribution in [2.24, 2.45) is 0 Å². The van der Waals surface area contributed by atoms with Gasteiger partial charge in [-0.3, -0.25) is 0 Å². The van der Waals surface area contributed by atoms with Crippen molar-refractivity contribution in [2.45, 2.75) is 17.1 Å². The molecule has 15 heavy (non-hydrogen) atoms. The summed E-state index contributed by atoms with van der Waals surface area (Å²) in [6.07, 6.45) is 0. The van der Waals surface area contributed by atoms with Crippen molar-refractivity contribution in [3.63, 3.8) is 0 Å². The largest absolute Gasteiger partial charge is 0.222 e. The summed E-state index contributed by atoms with van der Waals surface area (Å²) in [5.74, 6) is -2.05. The van der Waals surface area contributed by atoms with Gasteiger partial charge in [-0.2, -0.15) is 5.26 Å². The van der Waals surface area contributed by atoms with E-state index >= 15 is 0 Å². The molecule has 0 spiro atoms. The molecule has 1 atom stereocenters. The molecule has 80 valence electrons. The SMILES string of the molecule is CC(C#N)S(=O)(=O)c1ccc(F)cc1F. The van der Waals surface area contributed by atoms with Gasteiger partial charge in [0.05, 0.1) is 6.07 Å². The monoisotopic (exact) mass is 231 g/mol. The molecule has 0 aliphatic carbocycles. The first-order valence-electron chi connectivity index (χ1n) is 3.98. The molecule has 0 fully saturated rings. The third-order valence-corrected chi connectivity index (χ3v) is 3.83. The maximum atomic E-state index is 13.1. The number of nitrogens with zero attached hydrogens (tertiary/aromatic N) is 1. The Hall–Kier alpha value is -1.48. The maximum Gasteiger partial charge on any atom is 0.197 e. The van der Waals surface area contributed by atoms with E-state index in [1.165, 1.54) is 6.07 Å². The number of nitriles is 1. The summed E-state index contributed by atoms with van der Waals surface area (Å²) in [4.78, 5) is -0.655. The molecule has 0 amide bonds. The average Bonchev–Trinajstić information content (AvgIpc) is 2.15. The van der Waals surface area contributed by atoms with Gasteiger partial charge in [0, 0.05) is 6.07 Å².